The van der Waals surface area contributed by atoms with E-state index >= 15 is 0 Å². The van der Waals surface area contributed by atoms with Crippen LogP contribution in [0.2, 0.25) is 5.02 Å². The van der Waals surface area contributed by atoms with Crippen molar-refractivity contribution in [1.29, 1.82) is 0 Å². The topological polar surface area (TPSA) is 78.8 Å². The summed E-state index contributed by atoms with van der Waals surface area (Å²) in [5.41, 5.74) is 5.84. The SMILES string of the molecule is CC1=CC(Nc2cc(N3CCN(c4cccnc4)CC3)nc(Oc3ccc4c(c3Cl)C=C(C)C4)n2)=NC1. The molecule has 1 saturated heterocycles. The fourth-order valence-corrected chi connectivity index (χ4v) is 5.14. The van der Waals surface area contributed by atoms with Gasteiger partial charge in [0.15, 0.2) is 0 Å². The smallest absolute Gasteiger partial charge is 0.325 e. The second-order valence-corrected chi connectivity index (χ2v) is 9.99. The van der Waals surface area contributed by atoms with Crippen molar-refractivity contribution in [2.45, 2.75) is 20.3 Å². The minimum Gasteiger partial charge on any atom is -0.423 e. The highest BCUT2D eigenvalue weighted by Gasteiger charge is 2.22. The summed E-state index contributed by atoms with van der Waals surface area (Å²) >= 11 is 6.74. The van der Waals surface area contributed by atoms with E-state index in [0.29, 0.717) is 23.1 Å². The second kappa shape index (κ2) is 9.86. The third-order valence-corrected chi connectivity index (χ3v) is 7.13. The Morgan fingerprint density at radius 2 is 1.81 bits per heavy atom. The van der Waals surface area contributed by atoms with Gasteiger partial charge in [0, 0.05) is 44.0 Å². The van der Waals surface area contributed by atoms with E-state index < -0.39 is 0 Å². The fraction of sp³-hybridized carbons (Fsp3) is 0.286. The first-order valence-corrected chi connectivity index (χ1v) is 12.8. The zero-order valence-corrected chi connectivity index (χ0v) is 21.7. The molecule has 9 heteroatoms. The Morgan fingerprint density at radius 1 is 0.973 bits per heavy atom. The molecule has 1 aromatic carbocycles. The van der Waals surface area contributed by atoms with Crippen molar-refractivity contribution in [3.8, 4) is 11.8 Å². The van der Waals surface area contributed by atoms with Crippen LogP contribution in [-0.4, -0.2) is 53.5 Å². The van der Waals surface area contributed by atoms with E-state index in [9.17, 15) is 0 Å². The number of benzene rings is 1. The number of hydrogen-bond donors (Lipinski definition) is 1. The molecule has 3 aromatic rings. The summed E-state index contributed by atoms with van der Waals surface area (Å²) in [7, 11) is 0. The van der Waals surface area contributed by atoms with Gasteiger partial charge in [0.05, 0.1) is 23.5 Å². The van der Waals surface area contributed by atoms with Crippen LogP contribution < -0.4 is 19.9 Å². The molecule has 1 aliphatic carbocycles. The summed E-state index contributed by atoms with van der Waals surface area (Å²) in [5.74, 6) is 2.76. The molecule has 4 heterocycles. The van der Waals surface area contributed by atoms with Crippen molar-refractivity contribution in [2.24, 2.45) is 4.99 Å². The van der Waals surface area contributed by atoms with Crippen LogP contribution in [0.5, 0.6) is 11.8 Å². The van der Waals surface area contributed by atoms with Crippen LogP contribution in [-0.2, 0) is 6.42 Å². The molecule has 6 rings (SSSR count). The number of aromatic nitrogens is 3. The van der Waals surface area contributed by atoms with Gasteiger partial charge < -0.3 is 19.9 Å². The van der Waals surface area contributed by atoms with Crippen LogP contribution in [0.3, 0.4) is 0 Å². The molecule has 0 bridgehead atoms. The zero-order valence-electron chi connectivity index (χ0n) is 20.9. The molecule has 0 spiro atoms. The monoisotopic (exact) mass is 513 g/mol. The van der Waals surface area contributed by atoms with Crippen molar-refractivity contribution in [3.63, 3.8) is 0 Å². The summed E-state index contributed by atoms with van der Waals surface area (Å²) < 4.78 is 6.19. The average Bonchev–Trinajstić information content (AvgIpc) is 3.51. The molecule has 0 radical (unpaired) electrons. The lowest BCUT2D eigenvalue weighted by Gasteiger charge is -2.36. The van der Waals surface area contributed by atoms with Gasteiger partial charge in [0.25, 0.3) is 0 Å². The normalized spacial score (nSPS) is 16.8. The van der Waals surface area contributed by atoms with Gasteiger partial charge in [-0.15, -0.1) is 0 Å². The molecule has 2 aliphatic heterocycles. The Kier molecular flexibility index (Phi) is 6.26. The number of halogens is 1. The number of nitrogens with zero attached hydrogens (tertiary/aromatic N) is 6. The minimum atomic E-state index is 0.245. The van der Waals surface area contributed by atoms with Gasteiger partial charge in [0.2, 0.25) is 0 Å². The third kappa shape index (κ3) is 5.02. The maximum absolute atomic E-state index is 6.74. The third-order valence-electron chi connectivity index (χ3n) is 6.74. The van der Waals surface area contributed by atoms with Crippen LogP contribution in [0.15, 0.2) is 64.9 Å². The van der Waals surface area contributed by atoms with E-state index in [1.54, 1.807) is 6.20 Å². The van der Waals surface area contributed by atoms with Gasteiger partial charge >= 0.3 is 6.01 Å². The minimum absolute atomic E-state index is 0.245. The van der Waals surface area contributed by atoms with E-state index in [1.165, 1.54) is 16.7 Å². The zero-order chi connectivity index (χ0) is 25.4. The molecule has 3 aliphatic rings. The lowest BCUT2D eigenvalue weighted by molar-refractivity contribution is 0.442. The molecule has 8 nitrogen and oxygen atoms in total. The number of anilines is 3. The van der Waals surface area contributed by atoms with E-state index in [0.717, 1.165) is 55.5 Å². The number of amidine groups is 1. The Balaban J connectivity index is 1.27. The number of allylic oxidation sites excluding steroid dienone is 1. The Labute approximate surface area is 221 Å². The van der Waals surface area contributed by atoms with Crippen LogP contribution in [0.4, 0.5) is 17.3 Å². The number of rotatable bonds is 5. The number of aliphatic imine (C=N–C) groups is 1. The number of nitrogens with one attached hydrogen (secondary N) is 1. The van der Waals surface area contributed by atoms with Gasteiger partial charge in [-0.05, 0) is 55.7 Å². The van der Waals surface area contributed by atoms with Crippen molar-refractivity contribution in [2.75, 3.05) is 47.8 Å². The van der Waals surface area contributed by atoms with E-state index in [2.05, 4.69) is 62.1 Å². The molecule has 37 heavy (non-hydrogen) atoms. The van der Waals surface area contributed by atoms with Crippen LogP contribution in [0.1, 0.15) is 25.0 Å². The molecular weight excluding hydrogens is 486 g/mol. The van der Waals surface area contributed by atoms with Crippen molar-refractivity contribution in [1.82, 2.24) is 15.0 Å². The molecule has 2 aromatic heterocycles. The number of fused-ring (bicyclic) bond motifs is 1. The highest BCUT2D eigenvalue weighted by molar-refractivity contribution is 6.33. The first-order valence-electron chi connectivity index (χ1n) is 12.5. The fourth-order valence-electron chi connectivity index (χ4n) is 4.86. The molecule has 0 saturated carbocycles. The molecule has 1 N–H and O–H groups in total. The van der Waals surface area contributed by atoms with Gasteiger partial charge in [-0.25, -0.2) is 0 Å². The number of pyridine rings is 1. The lowest BCUT2D eigenvalue weighted by Crippen LogP contribution is -2.46. The Morgan fingerprint density at radius 3 is 2.57 bits per heavy atom. The summed E-state index contributed by atoms with van der Waals surface area (Å²) in [4.78, 5) is 22.8. The first kappa shape index (κ1) is 23.5. The maximum Gasteiger partial charge on any atom is 0.325 e. The first-order chi connectivity index (χ1) is 18.0. The van der Waals surface area contributed by atoms with Crippen molar-refractivity contribution >= 4 is 40.8 Å². The molecule has 188 valence electrons. The molecular formula is C28H28ClN7O. The highest BCUT2D eigenvalue weighted by atomic mass is 35.5. The summed E-state index contributed by atoms with van der Waals surface area (Å²) in [6.45, 7) is 8.22. The summed E-state index contributed by atoms with van der Waals surface area (Å²) in [6.07, 6.45) is 8.76. The maximum atomic E-state index is 6.74. The van der Waals surface area contributed by atoms with E-state index in [4.69, 9.17) is 21.3 Å². The Hall–Kier alpha value is -3.91. The predicted molar refractivity (Wildman–Crippen MR) is 149 cm³/mol. The van der Waals surface area contributed by atoms with Gasteiger partial charge in [-0.2, -0.15) is 9.97 Å². The van der Waals surface area contributed by atoms with Crippen LogP contribution in [0, 0.1) is 0 Å². The summed E-state index contributed by atoms with van der Waals surface area (Å²) in [6, 6.07) is 10.2. The molecule has 0 unspecified atom stereocenters. The van der Waals surface area contributed by atoms with Crippen LogP contribution >= 0.6 is 11.6 Å². The Bertz CT molecular complexity index is 1430. The molecule has 0 atom stereocenters. The number of ether oxygens (including phenoxy) is 1. The van der Waals surface area contributed by atoms with E-state index in [1.807, 2.05) is 30.5 Å². The standard InChI is InChI=1S/C28H28ClN7O/c1-18-12-20-5-6-23(27(29)22(20)13-18)37-28-33-25(32-24-14-19(2)16-31-24)15-26(34-28)36-10-8-35(9-11-36)21-4-3-7-30-17-21/h3-7,13-15,17H,8-12,16H2,1-2H3,(H,31,32,33,34). The number of piperazine rings is 1. The number of hydrogen-bond acceptors (Lipinski definition) is 8. The van der Waals surface area contributed by atoms with Crippen molar-refractivity contribution in [3.05, 3.63) is 76.1 Å². The van der Waals surface area contributed by atoms with Gasteiger partial charge in [-0.3, -0.25) is 9.98 Å². The second-order valence-electron chi connectivity index (χ2n) is 9.62. The van der Waals surface area contributed by atoms with Gasteiger partial charge in [-0.1, -0.05) is 29.3 Å². The van der Waals surface area contributed by atoms with E-state index in [-0.39, 0.29) is 6.01 Å². The lowest BCUT2D eigenvalue weighted by atomic mass is 10.1. The quantitative estimate of drug-likeness (QED) is 0.491. The van der Waals surface area contributed by atoms with Crippen LogP contribution in [0.25, 0.3) is 6.08 Å². The highest BCUT2D eigenvalue weighted by Crippen LogP contribution is 2.38. The van der Waals surface area contributed by atoms with Gasteiger partial charge in [0.1, 0.15) is 23.2 Å². The predicted octanol–water partition coefficient (Wildman–Crippen LogP) is 5.37. The molecule has 1 fully saturated rings. The largest absolute Gasteiger partial charge is 0.423 e. The average molecular weight is 514 g/mol. The summed E-state index contributed by atoms with van der Waals surface area (Å²) in [5, 5.41) is 3.91. The van der Waals surface area contributed by atoms with Crippen molar-refractivity contribution < 1.29 is 4.74 Å². The molecule has 0 amide bonds.